The minimum absolute atomic E-state index is 0.00304. The van der Waals surface area contributed by atoms with Gasteiger partial charge in [0.1, 0.15) is 0 Å². The first-order valence-corrected chi connectivity index (χ1v) is 22.2. The molecule has 4 heterocycles. The predicted molar refractivity (Wildman–Crippen MR) is 264 cm³/mol. The monoisotopic (exact) mass is 846 g/mol. The summed E-state index contributed by atoms with van der Waals surface area (Å²) < 4.78 is 2.43. The highest BCUT2D eigenvalue weighted by Crippen LogP contribution is 2.57. The van der Waals surface area contributed by atoms with Crippen molar-refractivity contribution in [2.24, 2.45) is 0 Å². The number of rotatable bonds is 7. The summed E-state index contributed by atoms with van der Waals surface area (Å²) in [5.74, 6) is 3.67. The van der Waals surface area contributed by atoms with Gasteiger partial charge in [-0.25, -0.2) is 19.9 Å². The number of anilines is 2. The number of fused-ring (bicyclic) bond motifs is 8. The van der Waals surface area contributed by atoms with E-state index in [1.165, 1.54) is 16.5 Å². The van der Waals surface area contributed by atoms with Gasteiger partial charge in [-0.1, -0.05) is 194 Å². The number of aromatic nitrogens is 7. The zero-order chi connectivity index (χ0) is 43.6. The Kier molecular flexibility index (Phi) is 8.80. The zero-order valence-electron chi connectivity index (χ0n) is 35.5. The summed E-state index contributed by atoms with van der Waals surface area (Å²) in [6, 6.07) is 70.9. The molecule has 0 saturated carbocycles. The highest BCUT2D eigenvalue weighted by molar-refractivity contribution is 5.97. The summed E-state index contributed by atoms with van der Waals surface area (Å²) in [6.07, 6.45) is 4.68. The molecule has 11 aromatic rings. The van der Waals surface area contributed by atoms with Gasteiger partial charge in [0.05, 0.1) is 17.3 Å². The standard InChI is InChI=1S/C58H38N8/c1-4-19-38(20-5-1)53-59-54(39-21-6-2-7-22-39)61-56(60-53)41-26-16-27-42(36-41)65-49-32-14-12-29-44(49)46-34-35-47-45-30-13-15-33-50(45)66(52(47)51(46)65)58-63-55(40-23-8-3-9-24-40)62-57(64-58)48-31-17-25-37-18-10-11-28-43(37)48/h1-36,47,52H. The summed E-state index contributed by atoms with van der Waals surface area (Å²) in [5, 5.41) is 3.38. The molecule has 0 saturated heterocycles. The zero-order valence-corrected chi connectivity index (χ0v) is 35.5. The molecule has 0 bridgehead atoms. The molecular formula is C58H38N8. The fourth-order valence-electron chi connectivity index (χ4n) is 9.88. The highest BCUT2D eigenvalue weighted by Gasteiger charge is 2.45. The number of benzene rings is 8. The molecule has 2 atom stereocenters. The van der Waals surface area contributed by atoms with Gasteiger partial charge in [-0.2, -0.15) is 9.97 Å². The second kappa shape index (κ2) is 15.4. The quantitative estimate of drug-likeness (QED) is 0.158. The molecular weight excluding hydrogens is 809 g/mol. The smallest absolute Gasteiger partial charge is 0.234 e. The lowest BCUT2D eigenvalue weighted by molar-refractivity contribution is 0.626. The Labute approximate surface area is 381 Å². The van der Waals surface area contributed by atoms with Gasteiger partial charge in [0.25, 0.3) is 0 Å². The van der Waals surface area contributed by atoms with Gasteiger partial charge in [-0.05, 0) is 40.6 Å². The molecule has 2 aliphatic rings. The molecule has 1 aliphatic carbocycles. The van der Waals surface area contributed by atoms with E-state index in [-0.39, 0.29) is 12.0 Å². The second-order valence-corrected chi connectivity index (χ2v) is 16.7. The van der Waals surface area contributed by atoms with E-state index in [9.17, 15) is 0 Å². The highest BCUT2D eigenvalue weighted by atomic mass is 15.3. The molecule has 3 aromatic heterocycles. The SMILES string of the molecule is C1=CC2c3ccccc3N(c3nc(-c4ccccc4)nc(-c4cccc5ccccc45)n3)C2c2c1c1ccccc1n2-c1cccc(-c2nc(-c3ccccc3)nc(-c3ccccc3)n2)c1. The maximum atomic E-state index is 5.45. The van der Waals surface area contributed by atoms with Crippen molar-refractivity contribution >= 4 is 39.4 Å². The molecule has 0 spiro atoms. The third-order valence-electron chi connectivity index (χ3n) is 12.8. The van der Waals surface area contributed by atoms with Crippen molar-refractivity contribution < 1.29 is 0 Å². The lowest BCUT2D eigenvalue weighted by atomic mass is 9.86. The molecule has 66 heavy (non-hydrogen) atoms. The van der Waals surface area contributed by atoms with Gasteiger partial charge in [0.15, 0.2) is 29.1 Å². The van der Waals surface area contributed by atoms with Crippen LogP contribution >= 0.6 is 0 Å². The molecule has 0 amide bonds. The average molecular weight is 847 g/mol. The van der Waals surface area contributed by atoms with Crippen LogP contribution in [0.1, 0.15) is 28.8 Å². The van der Waals surface area contributed by atoms with Gasteiger partial charge >= 0.3 is 0 Å². The van der Waals surface area contributed by atoms with E-state index in [4.69, 9.17) is 29.9 Å². The van der Waals surface area contributed by atoms with Crippen LogP contribution in [-0.2, 0) is 0 Å². The minimum atomic E-state index is -0.212. The van der Waals surface area contributed by atoms with Gasteiger partial charge < -0.3 is 9.47 Å². The Morgan fingerprint density at radius 2 is 0.939 bits per heavy atom. The molecule has 0 radical (unpaired) electrons. The van der Waals surface area contributed by atoms with E-state index in [0.717, 1.165) is 61.2 Å². The fourth-order valence-corrected chi connectivity index (χ4v) is 9.88. The second-order valence-electron chi connectivity index (χ2n) is 16.7. The van der Waals surface area contributed by atoms with Crippen molar-refractivity contribution in [1.29, 1.82) is 0 Å². The van der Waals surface area contributed by atoms with Crippen LogP contribution in [0.15, 0.2) is 212 Å². The van der Waals surface area contributed by atoms with E-state index < -0.39 is 0 Å². The molecule has 8 nitrogen and oxygen atoms in total. The largest absolute Gasteiger partial charge is 0.311 e. The van der Waals surface area contributed by atoms with Crippen LogP contribution in [0.4, 0.5) is 11.6 Å². The first kappa shape index (κ1) is 37.7. The van der Waals surface area contributed by atoms with Crippen molar-refractivity contribution in [3.63, 3.8) is 0 Å². The van der Waals surface area contributed by atoms with E-state index in [0.29, 0.717) is 35.1 Å². The summed E-state index contributed by atoms with van der Waals surface area (Å²) in [4.78, 5) is 33.6. The molecule has 13 rings (SSSR count). The normalized spacial score (nSPS) is 14.9. The molecule has 0 fully saturated rings. The summed E-state index contributed by atoms with van der Waals surface area (Å²) in [5.41, 5.74) is 11.3. The Balaban J connectivity index is 1.03. The van der Waals surface area contributed by atoms with Crippen LogP contribution in [-0.4, -0.2) is 34.5 Å². The minimum Gasteiger partial charge on any atom is -0.311 e. The van der Waals surface area contributed by atoms with Gasteiger partial charge in [0, 0.05) is 56.1 Å². The first-order chi connectivity index (χ1) is 32.7. The molecule has 8 heteroatoms. The fraction of sp³-hybridized carbons (Fsp3) is 0.0345. The Bertz CT molecular complexity index is 3620. The van der Waals surface area contributed by atoms with Crippen molar-refractivity contribution in [1.82, 2.24) is 34.5 Å². The molecule has 2 unspecified atom stereocenters. The van der Waals surface area contributed by atoms with E-state index in [2.05, 4.69) is 149 Å². The lowest BCUT2D eigenvalue weighted by Crippen LogP contribution is -2.28. The van der Waals surface area contributed by atoms with Crippen LogP contribution in [0.3, 0.4) is 0 Å². The third kappa shape index (κ3) is 6.22. The van der Waals surface area contributed by atoms with E-state index >= 15 is 0 Å². The van der Waals surface area contributed by atoms with Crippen LogP contribution in [0.2, 0.25) is 0 Å². The summed E-state index contributed by atoms with van der Waals surface area (Å²) in [7, 11) is 0. The van der Waals surface area contributed by atoms with Crippen molar-refractivity contribution in [3.8, 4) is 62.6 Å². The number of nitrogens with zero attached hydrogens (tertiary/aromatic N) is 8. The Hall–Kier alpha value is -8.88. The number of hydrogen-bond donors (Lipinski definition) is 0. The Morgan fingerprint density at radius 1 is 0.409 bits per heavy atom. The summed E-state index contributed by atoms with van der Waals surface area (Å²) >= 11 is 0. The molecule has 1 aliphatic heterocycles. The molecule has 8 aromatic carbocycles. The van der Waals surface area contributed by atoms with Crippen LogP contribution in [0, 0.1) is 0 Å². The lowest BCUT2D eigenvalue weighted by Gasteiger charge is -2.32. The van der Waals surface area contributed by atoms with Crippen LogP contribution < -0.4 is 4.90 Å². The van der Waals surface area contributed by atoms with Crippen molar-refractivity contribution in [3.05, 3.63) is 229 Å². The van der Waals surface area contributed by atoms with Crippen LogP contribution in [0.25, 0.3) is 90.4 Å². The van der Waals surface area contributed by atoms with Gasteiger partial charge in [-0.3, -0.25) is 0 Å². The third-order valence-corrected chi connectivity index (χ3v) is 12.8. The van der Waals surface area contributed by atoms with Gasteiger partial charge in [0.2, 0.25) is 5.95 Å². The average Bonchev–Trinajstić information content (AvgIpc) is 3.92. The molecule has 310 valence electrons. The first-order valence-electron chi connectivity index (χ1n) is 22.2. The maximum Gasteiger partial charge on any atom is 0.234 e. The number of hydrogen-bond acceptors (Lipinski definition) is 7. The van der Waals surface area contributed by atoms with E-state index in [1.807, 2.05) is 78.9 Å². The van der Waals surface area contributed by atoms with Crippen molar-refractivity contribution in [2.45, 2.75) is 12.0 Å². The maximum absolute atomic E-state index is 5.45. The van der Waals surface area contributed by atoms with Crippen LogP contribution in [0.5, 0.6) is 0 Å². The topological polar surface area (TPSA) is 85.5 Å². The number of para-hydroxylation sites is 2. The van der Waals surface area contributed by atoms with E-state index in [1.54, 1.807) is 0 Å². The predicted octanol–water partition coefficient (Wildman–Crippen LogP) is 13.5. The van der Waals surface area contributed by atoms with Crippen molar-refractivity contribution in [2.75, 3.05) is 4.90 Å². The summed E-state index contributed by atoms with van der Waals surface area (Å²) in [6.45, 7) is 0. The Morgan fingerprint density at radius 3 is 1.67 bits per heavy atom. The molecule has 0 N–H and O–H groups in total. The van der Waals surface area contributed by atoms with Gasteiger partial charge in [-0.15, -0.1) is 0 Å².